The standard InChI is InChI=1S/C16H10Br4/c17-15(18)9-11-1-5-13(6-2-11)14-7-3-12(4-8-14)10-16(19)20/h1-10H. The lowest BCUT2D eigenvalue weighted by Crippen LogP contribution is -1.79. The van der Waals surface area contributed by atoms with Crippen LogP contribution in [0.4, 0.5) is 0 Å². The normalized spacial score (nSPS) is 10.0. The molecule has 0 aliphatic heterocycles. The molecule has 2 aromatic rings. The molecule has 0 bridgehead atoms. The van der Waals surface area contributed by atoms with Crippen molar-refractivity contribution in [2.75, 3.05) is 0 Å². The molecule has 0 unspecified atom stereocenters. The molecule has 0 aromatic heterocycles. The molecule has 20 heavy (non-hydrogen) atoms. The number of hydrogen-bond donors (Lipinski definition) is 0. The lowest BCUT2D eigenvalue weighted by Gasteiger charge is -2.03. The smallest absolute Gasteiger partial charge is 0.0543 e. The van der Waals surface area contributed by atoms with Crippen LogP contribution in [-0.2, 0) is 0 Å². The van der Waals surface area contributed by atoms with E-state index in [0.29, 0.717) is 0 Å². The summed E-state index contributed by atoms with van der Waals surface area (Å²) in [5.41, 5.74) is 4.73. The highest BCUT2D eigenvalue weighted by Crippen LogP contribution is 2.24. The summed E-state index contributed by atoms with van der Waals surface area (Å²) in [4.78, 5) is 0. The number of hydrogen-bond acceptors (Lipinski definition) is 0. The second kappa shape index (κ2) is 7.74. The summed E-state index contributed by atoms with van der Waals surface area (Å²) >= 11 is 13.5. The van der Waals surface area contributed by atoms with Crippen molar-refractivity contribution in [2.45, 2.75) is 0 Å². The van der Waals surface area contributed by atoms with Crippen molar-refractivity contribution >= 4 is 75.9 Å². The maximum Gasteiger partial charge on any atom is 0.0610 e. The first kappa shape index (κ1) is 16.2. The highest BCUT2D eigenvalue weighted by Gasteiger charge is 1.98. The SMILES string of the molecule is BrC(Br)=Cc1ccc(-c2ccc(C=C(Br)Br)cc2)cc1. The Balaban J connectivity index is 2.24. The average Bonchev–Trinajstić information content (AvgIpc) is 2.39. The third-order valence-corrected chi connectivity index (χ3v) is 3.62. The zero-order valence-corrected chi connectivity index (χ0v) is 16.6. The topological polar surface area (TPSA) is 0 Å². The van der Waals surface area contributed by atoms with Crippen molar-refractivity contribution in [3.8, 4) is 11.1 Å². The first-order chi connectivity index (χ1) is 9.54. The van der Waals surface area contributed by atoms with Gasteiger partial charge in [0.25, 0.3) is 0 Å². The van der Waals surface area contributed by atoms with Gasteiger partial charge in [-0.25, -0.2) is 0 Å². The van der Waals surface area contributed by atoms with Crippen molar-refractivity contribution in [3.05, 3.63) is 66.4 Å². The molecule has 0 spiro atoms. The van der Waals surface area contributed by atoms with Crippen LogP contribution in [-0.4, -0.2) is 0 Å². The number of halogens is 4. The molecule has 0 N–H and O–H groups in total. The monoisotopic (exact) mass is 518 g/mol. The van der Waals surface area contributed by atoms with Crippen molar-refractivity contribution < 1.29 is 0 Å². The average molecular weight is 522 g/mol. The minimum absolute atomic E-state index is 0.939. The summed E-state index contributed by atoms with van der Waals surface area (Å²) in [5, 5.41) is 0. The molecular formula is C16H10Br4. The molecule has 102 valence electrons. The van der Waals surface area contributed by atoms with Gasteiger partial charge in [0.1, 0.15) is 0 Å². The van der Waals surface area contributed by atoms with Crippen molar-refractivity contribution in [2.24, 2.45) is 0 Å². The van der Waals surface area contributed by atoms with Crippen LogP contribution in [0.3, 0.4) is 0 Å². The number of rotatable bonds is 3. The molecule has 0 nitrogen and oxygen atoms in total. The summed E-state index contributed by atoms with van der Waals surface area (Å²) in [6.45, 7) is 0. The van der Waals surface area contributed by atoms with E-state index in [1.54, 1.807) is 0 Å². The molecule has 0 heterocycles. The van der Waals surface area contributed by atoms with Gasteiger partial charge < -0.3 is 0 Å². The van der Waals surface area contributed by atoms with Gasteiger partial charge in [-0.2, -0.15) is 0 Å². The summed E-state index contributed by atoms with van der Waals surface area (Å²) in [6.07, 6.45) is 4.04. The first-order valence-corrected chi connectivity index (χ1v) is 8.98. The van der Waals surface area contributed by atoms with Crippen molar-refractivity contribution in [3.63, 3.8) is 0 Å². The Morgan fingerprint density at radius 1 is 0.550 bits per heavy atom. The lowest BCUT2D eigenvalue weighted by molar-refractivity contribution is 1.59. The predicted molar refractivity (Wildman–Crippen MR) is 104 cm³/mol. The van der Waals surface area contributed by atoms with Gasteiger partial charge in [-0.1, -0.05) is 48.5 Å². The molecular weight excluding hydrogens is 512 g/mol. The zero-order chi connectivity index (χ0) is 14.5. The largest absolute Gasteiger partial charge is 0.0610 e. The van der Waals surface area contributed by atoms with Crippen LogP contribution in [0.2, 0.25) is 0 Å². The van der Waals surface area contributed by atoms with Gasteiger partial charge in [-0.05, 0) is 98.1 Å². The van der Waals surface area contributed by atoms with E-state index < -0.39 is 0 Å². The van der Waals surface area contributed by atoms with Crippen molar-refractivity contribution in [1.82, 2.24) is 0 Å². The molecule has 0 aliphatic carbocycles. The van der Waals surface area contributed by atoms with Gasteiger partial charge in [-0.3, -0.25) is 0 Å². The third kappa shape index (κ3) is 4.99. The van der Waals surface area contributed by atoms with Crippen LogP contribution >= 0.6 is 63.7 Å². The lowest BCUT2D eigenvalue weighted by atomic mass is 10.0. The highest BCUT2D eigenvalue weighted by atomic mass is 79.9. The van der Waals surface area contributed by atoms with Gasteiger partial charge in [0.2, 0.25) is 0 Å². The fourth-order valence-electron chi connectivity index (χ4n) is 1.80. The minimum Gasteiger partial charge on any atom is -0.0543 e. The van der Waals surface area contributed by atoms with Gasteiger partial charge in [-0.15, -0.1) is 0 Å². The van der Waals surface area contributed by atoms with E-state index in [4.69, 9.17) is 0 Å². The van der Waals surface area contributed by atoms with Crippen LogP contribution in [0.25, 0.3) is 23.3 Å². The van der Waals surface area contributed by atoms with Crippen molar-refractivity contribution in [1.29, 1.82) is 0 Å². The van der Waals surface area contributed by atoms with Gasteiger partial charge in [0, 0.05) is 0 Å². The maximum atomic E-state index is 3.37. The quantitative estimate of drug-likeness (QED) is 0.392. The second-order valence-electron chi connectivity index (χ2n) is 4.11. The number of benzene rings is 2. The Bertz CT molecular complexity index is 570. The van der Waals surface area contributed by atoms with E-state index in [2.05, 4.69) is 112 Å². The molecule has 0 atom stereocenters. The van der Waals surface area contributed by atoms with E-state index in [0.717, 1.165) is 17.9 Å². The fourth-order valence-corrected chi connectivity index (χ4v) is 2.85. The highest BCUT2D eigenvalue weighted by molar-refractivity contribution is 9.28. The third-order valence-electron chi connectivity index (χ3n) is 2.71. The molecule has 0 amide bonds. The molecule has 2 aromatic carbocycles. The molecule has 0 fully saturated rings. The predicted octanol–water partition coefficient (Wildman–Crippen LogP) is 7.53. The van der Waals surface area contributed by atoms with Gasteiger partial charge in [0.15, 0.2) is 0 Å². The maximum absolute atomic E-state index is 3.37. The van der Waals surface area contributed by atoms with Crippen LogP contribution in [0, 0.1) is 0 Å². The summed E-state index contributed by atoms with van der Waals surface area (Å²) in [6, 6.07) is 16.9. The summed E-state index contributed by atoms with van der Waals surface area (Å²) in [7, 11) is 0. The fraction of sp³-hybridized carbons (Fsp3) is 0. The van der Waals surface area contributed by atoms with Crippen LogP contribution < -0.4 is 0 Å². The van der Waals surface area contributed by atoms with Gasteiger partial charge >= 0.3 is 0 Å². The van der Waals surface area contributed by atoms with Crippen LogP contribution in [0.1, 0.15) is 11.1 Å². The first-order valence-electron chi connectivity index (χ1n) is 5.80. The summed E-state index contributed by atoms with van der Waals surface area (Å²) in [5.74, 6) is 0. The Kier molecular flexibility index (Phi) is 6.27. The van der Waals surface area contributed by atoms with Crippen LogP contribution in [0.15, 0.2) is 55.3 Å². The van der Waals surface area contributed by atoms with E-state index >= 15 is 0 Å². The van der Waals surface area contributed by atoms with E-state index in [1.165, 1.54) is 11.1 Å². The Morgan fingerprint density at radius 3 is 1.10 bits per heavy atom. The Morgan fingerprint density at radius 2 is 0.850 bits per heavy atom. The second-order valence-corrected chi connectivity index (χ2v) is 9.66. The van der Waals surface area contributed by atoms with Gasteiger partial charge in [0.05, 0.1) is 6.78 Å². The Hall–Kier alpha value is -0.160. The molecule has 0 aliphatic rings. The zero-order valence-electron chi connectivity index (χ0n) is 10.3. The van der Waals surface area contributed by atoms with E-state index in [1.807, 2.05) is 12.2 Å². The molecule has 0 saturated heterocycles. The summed E-state index contributed by atoms with van der Waals surface area (Å²) < 4.78 is 1.88. The minimum atomic E-state index is 0.939. The molecule has 0 radical (unpaired) electrons. The van der Waals surface area contributed by atoms with E-state index in [-0.39, 0.29) is 0 Å². The molecule has 4 heteroatoms. The molecule has 2 rings (SSSR count). The van der Waals surface area contributed by atoms with E-state index in [9.17, 15) is 0 Å². The molecule has 0 saturated carbocycles. The van der Waals surface area contributed by atoms with Crippen LogP contribution in [0.5, 0.6) is 0 Å². The Labute approximate surface area is 152 Å².